The van der Waals surface area contributed by atoms with E-state index in [9.17, 15) is 4.39 Å². The van der Waals surface area contributed by atoms with Gasteiger partial charge in [0.1, 0.15) is 5.82 Å². The summed E-state index contributed by atoms with van der Waals surface area (Å²) in [7, 11) is 0. The predicted molar refractivity (Wildman–Crippen MR) is 55.6 cm³/mol. The number of aromatic amines is 1. The summed E-state index contributed by atoms with van der Waals surface area (Å²) in [5.74, 6) is -0.263. The molecule has 0 aliphatic carbocycles. The normalized spacial score (nSPS) is 10.4. The minimum Gasteiger partial charge on any atom is -0.337 e. The highest BCUT2D eigenvalue weighted by molar-refractivity contribution is 7.71. The number of para-hydroxylation sites is 1. The number of benzene rings is 1. The van der Waals surface area contributed by atoms with Crippen molar-refractivity contribution in [2.24, 2.45) is 0 Å². The molecule has 2 nitrogen and oxygen atoms in total. The number of nitrogens with one attached hydrogen (secondary N) is 1. The molecule has 4 heteroatoms. The van der Waals surface area contributed by atoms with E-state index in [-0.39, 0.29) is 5.82 Å². The molecule has 2 rings (SSSR count). The van der Waals surface area contributed by atoms with Gasteiger partial charge in [-0.1, -0.05) is 12.1 Å². The van der Waals surface area contributed by atoms with E-state index in [4.69, 9.17) is 12.2 Å². The standard InChI is InChI=1S/C10H9FN2S/c1-7-3-2-4-8(11)9(7)13-6-5-12-10(13)14/h2-6H,1H3,(H,12,14). The van der Waals surface area contributed by atoms with Gasteiger partial charge in [-0.2, -0.15) is 0 Å². The Hall–Kier alpha value is -1.42. The molecule has 1 heterocycles. The Morgan fingerprint density at radius 1 is 1.43 bits per heavy atom. The summed E-state index contributed by atoms with van der Waals surface area (Å²) in [6.45, 7) is 1.85. The Labute approximate surface area is 86.0 Å². The molecule has 0 bridgehead atoms. The Bertz CT molecular complexity index is 493. The lowest BCUT2D eigenvalue weighted by atomic mass is 10.2. The minimum absolute atomic E-state index is 0.263. The van der Waals surface area contributed by atoms with Gasteiger partial charge in [0.05, 0.1) is 5.69 Å². The van der Waals surface area contributed by atoms with Crippen molar-refractivity contribution in [2.75, 3.05) is 0 Å². The summed E-state index contributed by atoms with van der Waals surface area (Å²) in [6.07, 6.45) is 3.40. The van der Waals surface area contributed by atoms with Gasteiger partial charge in [-0.3, -0.25) is 4.57 Å². The molecule has 2 aromatic rings. The van der Waals surface area contributed by atoms with E-state index in [2.05, 4.69) is 4.98 Å². The number of hydrogen-bond acceptors (Lipinski definition) is 1. The number of hydrogen-bond donors (Lipinski definition) is 1. The first-order valence-corrected chi connectivity index (χ1v) is 4.62. The lowest BCUT2D eigenvalue weighted by molar-refractivity contribution is 0.616. The maximum absolute atomic E-state index is 13.5. The van der Waals surface area contributed by atoms with Gasteiger partial charge in [0.25, 0.3) is 0 Å². The van der Waals surface area contributed by atoms with Gasteiger partial charge < -0.3 is 4.98 Å². The smallest absolute Gasteiger partial charge is 0.181 e. The number of nitrogens with zero attached hydrogens (tertiary/aromatic N) is 1. The fourth-order valence-electron chi connectivity index (χ4n) is 1.42. The van der Waals surface area contributed by atoms with Crippen molar-refractivity contribution in [3.05, 3.63) is 46.7 Å². The van der Waals surface area contributed by atoms with Crippen LogP contribution in [0.1, 0.15) is 5.56 Å². The number of imidazole rings is 1. The van der Waals surface area contributed by atoms with Crippen LogP contribution >= 0.6 is 12.2 Å². The van der Waals surface area contributed by atoms with Crippen LogP contribution in [-0.2, 0) is 0 Å². The van der Waals surface area contributed by atoms with Crippen LogP contribution in [0.4, 0.5) is 4.39 Å². The topological polar surface area (TPSA) is 20.7 Å². The fourth-order valence-corrected chi connectivity index (χ4v) is 1.64. The molecule has 0 radical (unpaired) electrons. The number of aryl methyl sites for hydroxylation is 1. The molecule has 0 saturated carbocycles. The highest BCUT2D eigenvalue weighted by Crippen LogP contribution is 2.17. The Morgan fingerprint density at radius 2 is 2.21 bits per heavy atom. The molecule has 0 aliphatic heterocycles. The van der Waals surface area contributed by atoms with Crippen LogP contribution in [0.5, 0.6) is 0 Å². The molecule has 1 N–H and O–H groups in total. The SMILES string of the molecule is Cc1cccc(F)c1-n1cc[nH]c1=S. The third-order valence-corrected chi connectivity index (χ3v) is 2.39. The summed E-state index contributed by atoms with van der Waals surface area (Å²) in [6, 6.07) is 4.97. The molecule has 0 fully saturated rings. The molecular weight excluding hydrogens is 199 g/mol. The average Bonchev–Trinajstić information content (AvgIpc) is 2.52. The quantitative estimate of drug-likeness (QED) is 0.714. The first-order chi connectivity index (χ1) is 6.70. The molecule has 0 saturated heterocycles. The molecule has 0 amide bonds. The van der Waals surface area contributed by atoms with Crippen molar-refractivity contribution in [3.63, 3.8) is 0 Å². The van der Waals surface area contributed by atoms with Crippen LogP contribution in [-0.4, -0.2) is 9.55 Å². The molecule has 72 valence electrons. The van der Waals surface area contributed by atoms with Crippen LogP contribution in [0.15, 0.2) is 30.6 Å². The van der Waals surface area contributed by atoms with Crippen molar-refractivity contribution in [3.8, 4) is 5.69 Å². The first-order valence-electron chi connectivity index (χ1n) is 4.21. The average molecular weight is 208 g/mol. The van der Waals surface area contributed by atoms with Crippen LogP contribution in [0.3, 0.4) is 0 Å². The zero-order chi connectivity index (χ0) is 10.1. The van der Waals surface area contributed by atoms with E-state index in [1.54, 1.807) is 23.0 Å². The van der Waals surface area contributed by atoms with E-state index < -0.39 is 0 Å². The number of halogens is 1. The third-order valence-electron chi connectivity index (χ3n) is 2.08. The molecule has 0 unspecified atom stereocenters. The number of H-pyrrole nitrogens is 1. The Balaban J connectivity index is 2.74. The molecule has 1 aromatic carbocycles. The summed E-state index contributed by atoms with van der Waals surface area (Å²) in [5, 5.41) is 0. The second-order valence-corrected chi connectivity index (χ2v) is 3.43. The van der Waals surface area contributed by atoms with Gasteiger partial charge in [0.2, 0.25) is 0 Å². The van der Waals surface area contributed by atoms with E-state index in [1.807, 2.05) is 13.0 Å². The largest absolute Gasteiger partial charge is 0.337 e. The lowest BCUT2D eigenvalue weighted by Gasteiger charge is -2.07. The molecule has 1 aromatic heterocycles. The van der Waals surface area contributed by atoms with Crippen LogP contribution < -0.4 is 0 Å². The lowest BCUT2D eigenvalue weighted by Crippen LogP contribution is -1.99. The first kappa shape index (κ1) is 9.15. The zero-order valence-electron chi connectivity index (χ0n) is 7.62. The summed E-state index contributed by atoms with van der Waals surface area (Å²) in [5.41, 5.74) is 1.37. The van der Waals surface area contributed by atoms with Crippen molar-refractivity contribution in [2.45, 2.75) is 6.92 Å². The van der Waals surface area contributed by atoms with E-state index >= 15 is 0 Å². The van der Waals surface area contributed by atoms with Gasteiger partial charge in [-0.05, 0) is 30.8 Å². The second kappa shape index (κ2) is 3.38. The summed E-state index contributed by atoms with van der Waals surface area (Å²) >= 11 is 5.03. The zero-order valence-corrected chi connectivity index (χ0v) is 8.44. The van der Waals surface area contributed by atoms with E-state index in [1.165, 1.54) is 6.07 Å². The van der Waals surface area contributed by atoms with Gasteiger partial charge in [-0.15, -0.1) is 0 Å². The van der Waals surface area contributed by atoms with Gasteiger partial charge in [-0.25, -0.2) is 4.39 Å². The monoisotopic (exact) mass is 208 g/mol. The fraction of sp³-hybridized carbons (Fsp3) is 0.100. The van der Waals surface area contributed by atoms with Gasteiger partial charge in [0, 0.05) is 12.4 Å². The summed E-state index contributed by atoms with van der Waals surface area (Å²) in [4.78, 5) is 2.83. The van der Waals surface area contributed by atoms with Gasteiger partial charge >= 0.3 is 0 Å². The van der Waals surface area contributed by atoms with E-state index in [0.717, 1.165) is 5.56 Å². The van der Waals surface area contributed by atoms with Crippen molar-refractivity contribution < 1.29 is 4.39 Å². The summed E-state index contributed by atoms with van der Waals surface area (Å²) < 4.78 is 15.6. The van der Waals surface area contributed by atoms with Gasteiger partial charge in [0.15, 0.2) is 4.77 Å². The van der Waals surface area contributed by atoms with Crippen molar-refractivity contribution in [1.29, 1.82) is 0 Å². The Morgan fingerprint density at radius 3 is 2.79 bits per heavy atom. The molecule has 0 aliphatic rings. The molecule has 14 heavy (non-hydrogen) atoms. The van der Waals surface area contributed by atoms with E-state index in [0.29, 0.717) is 10.5 Å². The predicted octanol–water partition coefficient (Wildman–Crippen LogP) is 2.98. The maximum atomic E-state index is 13.5. The molecule has 0 atom stereocenters. The third kappa shape index (κ3) is 1.37. The van der Waals surface area contributed by atoms with Crippen LogP contribution in [0.25, 0.3) is 5.69 Å². The Kier molecular flexibility index (Phi) is 2.21. The highest BCUT2D eigenvalue weighted by atomic mass is 32.1. The second-order valence-electron chi connectivity index (χ2n) is 3.04. The van der Waals surface area contributed by atoms with Crippen molar-refractivity contribution >= 4 is 12.2 Å². The minimum atomic E-state index is -0.263. The maximum Gasteiger partial charge on any atom is 0.181 e. The molecular formula is C10H9FN2S. The van der Waals surface area contributed by atoms with Crippen molar-refractivity contribution in [1.82, 2.24) is 9.55 Å². The highest BCUT2D eigenvalue weighted by Gasteiger charge is 2.07. The van der Waals surface area contributed by atoms with Crippen LogP contribution in [0, 0.1) is 17.5 Å². The van der Waals surface area contributed by atoms with Crippen LogP contribution in [0.2, 0.25) is 0 Å². The molecule has 0 spiro atoms. The number of aromatic nitrogens is 2. The number of rotatable bonds is 1.